The van der Waals surface area contributed by atoms with Gasteiger partial charge in [-0.05, 0) is 12.1 Å². The van der Waals surface area contributed by atoms with Crippen molar-refractivity contribution >= 4 is 15.9 Å². The smallest absolute Gasteiger partial charge is 0.253 e. The number of likely N-dealkylation sites (tertiary alicyclic amines) is 1. The summed E-state index contributed by atoms with van der Waals surface area (Å²) in [6.45, 7) is 4.79. The number of likely N-dealkylation sites (N-methyl/N-ethyl adjacent to an activating group) is 1. The number of morpholine rings is 1. The van der Waals surface area contributed by atoms with Gasteiger partial charge in [-0.25, -0.2) is 12.7 Å². The third-order valence-corrected chi connectivity index (χ3v) is 7.04. The second kappa shape index (κ2) is 7.82. The summed E-state index contributed by atoms with van der Waals surface area (Å²) < 4.78 is 32.0. The minimum atomic E-state index is -3.37. The molecule has 2 fully saturated rings. The summed E-state index contributed by atoms with van der Waals surface area (Å²) in [5, 5.41) is -0.505. The molecular weight excluding hydrogens is 342 g/mol. The molecule has 2 aliphatic heterocycles. The van der Waals surface area contributed by atoms with E-state index < -0.39 is 15.3 Å². The lowest BCUT2D eigenvalue weighted by molar-refractivity contribution is 0.0367. The van der Waals surface area contributed by atoms with Crippen LogP contribution in [0.15, 0.2) is 30.3 Å². The van der Waals surface area contributed by atoms with Crippen molar-refractivity contribution in [2.75, 3.05) is 59.5 Å². The maximum atomic E-state index is 12.6. The number of hydrogen-bond donors (Lipinski definition) is 0. The quantitative estimate of drug-likeness (QED) is 0.714. The van der Waals surface area contributed by atoms with Crippen LogP contribution in [0.4, 0.5) is 0 Å². The molecule has 2 aliphatic rings. The Balaban J connectivity index is 1.49. The Morgan fingerprint density at radius 1 is 1.20 bits per heavy atom. The molecule has 0 saturated carbocycles. The molecule has 138 valence electrons. The van der Waals surface area contributed by atoms with Crippen LogP contribution in [0.25, 0.3) is 0 Å². The van der Waals surface area contributed by atoms with Crippen molar-refractivity contribution in [1.82, 2.24) is 14.1 Å². The van der Waals surface area contributed by atoms with E-state index in [0.29, 0.717) is 31.9 Å². The topological polar surface area (TPSA) is 70.2 Å². The van der Waals surface area contributed by atoms with Crippen LogP contribution in [0.3, 0.4) is 0 Å². The fourth-order valence-electron chi connectivity index (χ4n) is 3.04. The van der Waals surface area contributed by atoms with Gasteiger partial charge in [-0.1, -0.05) is 18.2 Å². The lowest BCUT2D eigenvalue weighted by atomic mass is 10.1. The monoisotopic (exact) mass is 367 g/mol. The number of nitrogens with zero attached hydrogens (tertiary/aromatic N) is 3. The van der Waals surface area contributed by atoms with Crippen LogP contribution < -0.4 is 0 Å². The largest absolute Gasteiger partial charge is 0.379 e. The Morgan fingerprint density at radius 2 is 1.84 bits per heavy atom. The summed E-state index contributed by atoms with van der Waals surface area (Å²) in [7, 11) is -1.75. The van der Waals surface area contributed by atoms with Crippen molar-refractivity contribution in [3.05, 3.63) is 35.9 Å². The van der Waals surface area contributed by atoms with Crippen molar-refractivity contribution in [2.45, 2.75) is 5.25 Å². The summed E-state index contributed by atoms with van der Waals surface area (Å²) in [5.74, 6) is -0.108. The molecule has 7 nitrogen and oxygen atoms in total. The molecular formula is C17H25N3O4S. The van der Waals surface area contributed by atoms with E-state index >= 15 is 0 Å². The number of benzene rings is 1. The first-order valence-electron chi connectivity index (χ1n) is 8.58. The van der Waals surface area contributed by atoms with Crippen molar-refractivity contribution in [3.63, 3.8) is 0 Å². The highest BCUT2D eigenvalue weighted by Gasteiger charge is 2.41. The van der Waals surface area contributed by atoms with E-state index in [9.17, 15) is 13.2 Å². The van der Waals surface area contributed by atoms with Crippen LogP contribution in [0.5, 0.6) is 0 Å². The molecule has 8 heteroatoms. The molecule has 2 saturated heterocycles. The van der Waals surface area contributed by atoms with Crippen molar-refractivity contribution in [2.24, 2.45) is 0 Å². The zero-order valence-electron chi connectivity index (χ0n) is 14.5. The Labute approximate surface area is 149 Å². The molecule has 0 radical (unpaired) electrons. The summed E-state index contributed by atoms with van der Waals surface area (Å²) in [6.07, 6.45) is 0. The molecule has 0 atom stereocenters. The van der Waals surface area contributed by atoms with Crippen LogP contribution in [-0.4, -0.2) is 93.2 Å². The Hall–Kier alpha value is -1.48. The van der Waals surface area contributed by atoms with E-state index in [-0.39, 0.29) is 19.0 Å². The van der Waals surface area contributed by atoms with Gasteiger partial charge in [0.2, 0.25) is 10.0 Å². The highest BCUT2D eigenvalue weighted by atomic mass is 32.2. The lowest BCUT2D eigenvalue weighted by Gasteiger charge is -2.40. The second-order valence-electron chi connectivity index (χ2n) is 6.52. The normalized spacial score (nSPS) is 19.8. The summed E-state index contributed by atoms with van der Waals surface area (Å²) in [6, 6.07) is 8.96. The summed E-state index contributed by atoms with van der Waals surface area (Å²) >= 11 is 0. The molecule has 0 spiro atoms. The molecule has 0 aromatic heterocycles. The molecule has 1 aromatic carbocycles. The number of amides is 1. The van der Waals surface area contributed by atoms with Gasteiger partial charge in [0.1, 0.15) is 5.25 Å². The predicted octanol–water partition coefficient (Wildman–Crippen LogP) is 0.105. The molecule has 0 N–H and O–H groups in total. The van der Waals surface area contributed by atoms with Gasteiger partial charge >= 0.3 is 0 Å². The van der Waals surface area contributed by atoms with Crippen LogP contribution in [-0.2, 0) is 14.8 Å². The SMILES string of the molecule is CN(CCN1CCOCC1)S(=O)(=O)C1CN(C(=O)c2ccccc2)C1. The molecule has 3 rings (SSSR count). The van der Waals surface area contributed by atoms with Crippen molar-refractivity contribution in [1.29, 1.82) is 0 Å². The Morgan fingerprint density at radius 3 is 2.48 bits per heavy atom. The molecule has 25 heavy (non-hydrogen) atoms. The van der Waals surface area contributed by atoms with Gasteiger partial charge in [0.15, 0.2) is 0 Å². The lowest BCUT2D eigenvalue weighted by Crippen LogP contribution is -2.59. The van der Waals surface area contributed by atoms with Gasteiger partial charge in [0.05, 0.1) is 13.2 Å². The molecule has 2 heterocycles. The minimum absolute atomic E-state index is 0.108. The minimum Gasteiger partial charge on any atom is -0.379 e. The van der Waals surface area contributed by atoms with E-state index in [0.717, 1.165) is 13.1 Å². The average Bonchev–Trinajstić information content (AvgIpc) is 2.59. The molecule has 0 unspecified atom stereocenters. The maximum Gasteiger partial charge on any atom is 0.253 e. The fraction of sp³-hybridized carbons (Fsp3) is 0.588. The van der Waals surface area contributed by atoms with Gasteiger partial charge in [-0.2, -0.15) is 0 Å². The van der Waals surface area contributed by atoms with Gasteiger partial charge in [-0.15, -0.1) is 0 Å². The van der Waals surface area contributed by atoms with E-state index in [2.05, 4.69) is 4.90 Å². The van der Waals surface area contributed by atoms with E-state index in [1.807, 2.05) is 6.07 Å². The Bertz CT molecular complexity index is 683. The van der Waals surface area contributed by atoms with Crippen LogP contribution in [0, 0.1) is 0 Å². The summed E-state index contributed by atoms with van der Waals surface area (Å²) in [4.78, 5) is 16.1. The standard InChI is InChI=1S/C17H25N3O4S/c1-18(7-8-19-9-11-24-12-10-19)25(22,23)16-13-20(14-16)17(21)15-5-3-2-4-6-15/h2-6,16H,7-14H2,1H3. The number of ether oxygens (including phenoxy) is 1. The van der Waals surface area contributed by atoms with Gasteiger partial charge in [-0.3, -0.25) is 9.69 Å². The van der Waals surface area contributed by atoms with Gasteiger partial charge in [0.25, 0.3) is 5.91 Å². The maximum absolute atomic E-state index is 12.6. The van der Waals surface area contributed by atoms with Crippen LogP contribution in [0.1, 0.15) is 10.4 Å². The molecule has 1 aromatic rings. The number of rotatable bonds is 6. The summed E-state index contributed by atoms with van der Waals surface area (Å²) in [5.41, 5.74) is 0.596. The first-order chi connectivity index (χ1) is 12.0. The highest BCUT2D eigenvalue weighted by Crippen LogP contribution is 2.21. The third kappa shape index (κ3) is 4.20. The fourth-order valence-corrected chi connectivity index (χ4v) is 4.63. The van der Waals surface area contributed by atoms with Crippen molar-refractivity contribution in [3.8, 4) is 0 Å². The number of hydrogen-bond acceptors (Lipinski definition) is 5. The zero-order valence-corrected chi connectivity index (χ0v) is 15.3. The molecule has 1 amide bonds. The third-order valence-electron chi connectivity index (χ3n) is 4.85. The molecule has 0 bridgehead atoms. The second-order valence-corrected chi connectivity index (χ2v) is 8.84. The first kappa shape index (κ1) is 18.3. The number of carbonyl (C=O) groups is 1. The van der Waals surface area contributed by atoms with Crippen LogP contribution in [0.2, 0.25) is 0 Å². The number of sulfonamides is 1. The average molecular weight is 367 g/mol. The van der Waals surface area contributed by atoms with Crippen molar-refractivity contribution < 1.29 is 17.9 Å². The highest BCUT2D eigenvalue weighted by molar-refractivity contribution is 7.89. The first-order valence-corrected chi connectivity index (χ1v) is 10.1. The zero-order chi connectivity index (χ0) is 17.9. The van der Waals surface area contributed by atoms with E-state index in [1.165, 1.54) is 4.31 Å². The molecule has 0 aliphatic carbocycles. The van der Waals surface area contributed by atoms with Crippen LogP contribution >= 0.6 is 0 Å². The Kier molecular flexibility index (Phi) is 5.73. The van der Waals surface area contributed by atoms with E-state index in [1.54, 1.807) is 36.2 Å². The van der Waals surface area contributed by atoms with Gasteiger partial charge < -0.3 is 9.64 Å². The predicted molar refractivity (Wildman–Crippen MR) is 94.9 cm³/mol. The van der Waals surface area contributed by atoms with Gasteiger partial charge in [0, 0.05) is 51.9 Å². The van der Waals surface area contributed by atoms with E-state index in [4.69, 9.17) is 4.74 Å². The number of carbonyl (C=O) groups excluding carboxylic acids is 1.